The third kappa shape index (κ3) is 0.845. The molecule has 0 spiro atoms. The van der Waals surface area contributed by atoms with Crippen molar-refractivity contribution in [3.63, 3.8) is 0 Å². The van der Waals surface area contributed by atoms with Crippen LogP contribution in [-0.2, 0) is 0 Å². The fraction of sp³-hybridized carbons (Fsp3) is 0. The molecule has 0 atom stereocenters. The zero-order valence-corrected chi connectivity index (χ0v) is 5.07. The van der Waals surface area contributed by atoms with Gasteiger partial charge in [-0.1, -0.05) is 0 Å². The lowest BCUT2D eigenvalue weighted by Gasteiger charge is -1.96. The minimum Gasteiger partial charge on any atom is -0.504 e. The molecule has 0 aliphatic heterocycles. The summed E-state index contributed by atoms with van der Waals surface area (Å²) >= 11 is 0. The van der Waals surface area contributed by atoms with Crippen molar-refractivity contribution in [1.82, 2.24) is 4.98 Å². The van der Waals surface area contributed by atoms with Gasteiger partial charge < -0.3 is 10.8 Å². The van der Waals surface area contributed by atoms with E-state index in [-0.39, 0.29) is 17.0 Å². The summed E-state index contributed by atoms with van der Waals surface area (Å²) in [6.07, 6.45) is 2.49. The SMILES string of the molecule is N#Cc1cncc(O)c1N. The summed E-state index contributed by atoms with van der Waals surface area (Å²) in [7, 11) is 0. The largest absolute Gasteiger partial charge is 0.504 e. The van der Waals surface area contributed by atoms with Crippen molar-refractivity contribution in [2.75, 3.05) is 5.73 Å². The van der Waals surface area contributed by atoms with E-state index in [4.69, 9.17) is 16.1 Å². The first-order chi connectivity index (χ1) is 4.75. The molecule has 1 heterocycles. The molecule has 0 aromatic carbocycles. The van der Waals surface area contributed by atoms with E-state index in [0.717, 1.165) is 0 Å². The van der Waals surface area contributed by atoms with Crippen molar-refractivity contribution in [1.29, 1.82) is 5.26 Å². The minimum atomic E-state index is -0.154. The zero-order valence-electron chi connectivity index (χ0n) is 5.07. The van der Waals surface area contributed by atoms with Crippen LogP contribution in [0.15, 0.2) is 12.4 Å². The second kappa shape index (κ2) is 2.23. The first kappa shape index (κ1) is 6.36. The van der Waals surface area contributed by atoms with Gasteiger partial charge in [0.2, 0.25) is 0 Å². The summed E-state index contributed by atoms with van der Waals surface area (Å²) in [6.45, 7) is 0. The fourth-order valence-electron chi connectivity index (χ4n) is 0.549. The topological polar surface area (TPSA) is 82.9 Å². The molecule has 0 radical (unpaired) electrons. The molecule has 0 bridgehead atoms. The van der Waals surface area contributed by atoms with Crippen LogP contribution in [0.2, 0.25) is 0 Å². The number of nitrogens with two attached hydrogens (primary N) is 1. The predicted molar refractivity (Wildman–Crippen MR) is 35.0 cm³/mol. The Hall–Kier alpha value is -1.76. The molecule has 4 nitrogen and oxygen atoms in total. The average Bonchev–Trinajstić information content (AvgIpc) is 1.95. The highest BCUT2D eigenvalue weighted by molar-refractivity contribution is 5.60. The third-order valence-corrected chi connectivity index (χ3v) is 1.09. The number of aromatic hydroxyl groups is 1. The van der Waals surface area contributed by atoms with E-state index in [0.29, 0.717) is 0 Å². The Labute approximate surface area is 57.5 Å². The van der Waals surface area contributed by atoms with Crippen LogP contribution in [0.5, 0.6) is 5.75 Å². The summed E-state index contributed by atoms with van der Waals surface area (Å²) in [5, 5.41) is 17.3. The van der Waals surface area contributed by atoms with Crippen molar-refractivity contribution >= 4 is 5.69 Å². The van der Waals surface area contributed by atoms with Crippen LogP contribution in [0.4, 0.5) is 5.69 Å². The first-order valence-electron chi connectivity index (χ1n) is 2.58. The molecule has 10 heavy (non-hydrogen) atoms. The molecular formula is C6H5N3O. The Morgan fingerprint density at radius 1 is 1.60 bits per heavy atom. The Morgan fingerprint density at radius 2 is 2.30 bits per heavy atom. The third-order valence-electron chi connectivity index (χ3n) is 1.09. The average molecular weight is 135 g/mol. The predicted octanol–water partition coefficient (Wildman–Crippen LogP) is 0.241. The summed E-state index contributed by atoms with van der Waals surface area (Å²) in [6, 6.07) is 1.79. The molecule has 0 saturated carbocycles. The maximum atomic E-state index is 8.89. The van der Waals surface area contributed by atoms with Gasteiger partial charge in [-0.05, 0) is 0 Å². The van der Waals surface area contributed by atoms with Crippen molar-refractivity contribution in [2.45, 2.75) is 0 Å². The van der Waals surface area contributed by atoms with Gasteiger partial charge in [-0.15, -0.1) is 0 Å². The number of nitrogens with zero attached hydrogens (tertiary/aromatic N) is 2. The lowest BCUT2D eigenvalue weighted by molar-refractivity contribution is 0.475. The number of hydrogen-bond acceptors (Lipinski definition) is 4. The molecule has 1 aromatic heterocycles. The molecule has 0 unspecified atom stereocenters. The lowest BCUT2D eigenvalue weighted by Crippen LogP contribution is -1.91. The Balaban J connectivity index is 3.31. The van der Waals surface area contributed by atoms with E-state index in [1.165, 1.54) is 12.4 Å². The highest BCUT2D eigenvalue weighted by atomic mass is 16.3. The second-order valence-corrected chi connectivity index (χ2v) is 1.73. The monoisotopic (exact) mass is 135 g/mol. The molecule has 4 heteroatoms. The smallest absolute Gasteiger partial charge is 0.158 e. The van der Waals surface area contributed by atoms with E-state index in [2.05, 4.69) is 4.98 Å². The van der Waals surface area contributed by atoms with Gasteiger partial charge in [0, 0.05) is 6.20 Å². The summed E-state index contributed by atoms with van der Waals surface area (Å²) in [5.41, 5.74) is 5.56. The molecule has 0 amide bonds. The van der Waals surface area contributed by atoms with Gasteiger partial charge in [-0.25, -0.2) is 0 Å². The molecule has 0 fully saturated rings. The Morgan fingerprint density at radius 3 is 2.80 bits per heavy atom. The van der Waals surface area contributed by atoms with Gasteiger partial charge in [0.05, 0.1) is 17.4 Å². The normalized spacial score (nSPS) is 8.70. The van der Waals surface area contributed by atoms with Crippen LogP contribution in [0.3, 0.4) is 0 Å². The molecule has 1 aromatic rings. The van der Waals surface area contributed by atoms with E-state index in [9.17, 15) is 0 Å². The molecule has 1 rings (SSSR count). The van der Waals surface area contributed by atoms with Gasteiger partial charge >= 0.3 is 0 Å². The first-order valence-corrected chi connectivity index (χ1v) is 2.58. The van der Waals surface area contributed by atoms with Crippen molar-refractivity contribution in [3.05, 3.63) is 18.0 Å². The van der Waals surface area contributed by atoms with Crippen molar-refractivity contribution < 1.29 is 5.11 Å². The van der Waals surface area contributed by atoms with Gasteiger partial charge in [0.15, 0.2) is 5.75 Å². The van der Waals surface area contributed by atoms with E-state index in [1.54, 1.807) is 6.07 Å². The van der Waals surface area contributed by atoms with Crippen LogP contribution >= 0.6 is 0 Å². The van der Waals surface area contributed by atoms with Gasteiger partial charge in [-0.3, -0.25) is 4.98 Å². The number of pyridine rings is 1. The van der Waals surface area contributed by atoms with Gasteiger partial charge in [0.25, 0.3) is 0 Å². The summed E-state index contributed by atoms with van der Waals surface area (Å²) in [4.78, 5) is 3.56. The number of rotatable bonds is 0. The van der Waals surface area contributed by atoms with Crippen LogP contribution < -0.4 is 5.73 Å². The van der Waals surface area contributed by atoms with Crippen molar-refractivity contribution in [2.24, 2.45) is 0 Å². The quantitative estimate of drug-likeness (QED) is 0.533. The lowest BCUT2D eigenvalue weighted by atomic mass is 10.2. The fourth-order valence-corrected chi connectivity index (χ4v) is 0.549. The highest BCUT2D eigenvalue weighted by Crippen LogP contribution is 2.20. The number of nitrogen functional groups attached to an aromatic ring is 1. The minimum absolute atomic E-state index is 0.0810. The maximum absolute atomic E-state index is 8.89. The van der Waals surface area contributed by atoms with Crippen LogP contribution in [0.25, 0.3) is 0 Å². The Kier molecular flexibility index (Phi) is 1.42. The molecule has 50 valence electrons. The van der Waals surface area contributed by atoms with E-state index < -0.39 is 0 Å². The summed E-state index contributed by atoms with van der Waals surface area (Å²) in [5.74, 6) is -0.154. The van der Waals surface area contributed by atoms with Gasteiger partial charge in [-0.2, -0.15) is 5.26 Å². The maximum Gasteiger partial charge on any atom is 0.158 e. The number of aromatic nitrogens is 1. The molecule has 0 aliphatic carbocycles. The van der Waals surface area contributed by atoms with Crippen LogP contribution in [-0.4, -0.2) is 10.1 Å². The van der Waals surface area contributed by atoms with Gasteiger partial charge in [0.1, 0.15) is 6.07 Å². The number of anilines is 1. The second-order valence-electron chi connectivity index (χ2n) is 1.73. The summed E-state index contributed by atoms with van der Waals surface area (Å²) < 4.78 is 0. The number of nitriles is 1. The zero-order chi connectivity index (χ0) is 7.56. The molecule has 3 N–H and O–H groups in total. The van der Waals surface area contributed by atoms with E-state index in [1.807, 2.05) is 0 Å². The highest BCUT2D eigenvalue weighted by Gasteiger charge is 2.01. The number of hydrogen-bond donors (Lipinski definition) is 2. The standard InChI is InChI=1S/C6H5N3O/c7-1-4-2-9-3-5(10)6(4)8/h2-3,10H,(H2,8,9). The molecule has 0 saturated heterocycles. The Bertz CT molecular complexity index is 290. The molecular weight excluding hydrogens is 130 g/mol. The molecule has 0 aliphatic rings. The van der Waals surface area contributed by atoms with Crippen LogP contribution in [0.1, 0.15) is 5.56 Å². The van der Waals surface area contributed by atoms with E-state index >= 15 is 0 Å². The van der Waals surface area contributed by atoms with Crippen LogP contribution in [0, 0.1) is 11.3 Å². The van der Waals surface area contributed by atoms with Crippen molar-refractivity contribution in [3.8, 4) is 11.8 Å².